The molecule has 0 amide bonds. The number of carbonyl (C=O) groups excluding carboxylic acids is 1. The van der Waals surface area contributed by atoms with Crippen LogP contribution in [0.25, 0.3) is 5.95 Å². The first kappa shape index (κ1) is 14.6. The van der Waals surface area contributed by atoms with Crippen molar-refractivity contribution in [2.75, 3.05) is 6.61 Å². The number of ether oxygens (including phenoxy) is 1. The maximum Gasteiger partial charge on any atom is 1.00 e. The van der Waals surface area contributed by atoms with Crippen molar-refractivity contribution >= 4 is 5.97 Å². The second-order valence-corrected chi connectivity index (χ2v) is 3.12. The van der Waals surface area contributed by atoms with Gasteiger partial charge in [0, 0.05) is 12.4 Å². The maximum atomic E-state index is 11.6. The Bertz CT molecular complexity index is 585. The molecule has 2 aromatic rings. The van der Waals surface area contributed by atoms with E-state index in [1.54, 1.807) is 25.4 Å². The predicted octanol–water partition coefficient (Wildman–Crippen LogP) is -2.75. The quantitative estimate of drug-likeness (QED) is 0.476. The molecule has 0 aliphatic heterocycles. The SMILES string of the molecule is CCOC(=O)c1cnc(-n2cccn2)[nH]c1=O.[H-].[Na+]. The summed E-state index contributed by atoms with van der Waals surface area (Å²) in [5.74, 6) is -0.443. The molecule has 0 aromatic carbocycles. The van der Waals surface area contributed by atoms with E-state index in [9.17, 15) is 9.59 Å². The van der Waals surface area contributed by atoms with Crippen molar-refractivity contribution in [3.8, 4) is 5.95 Å². The first-order valence-corrected chi connectivity index (χ1v) is 4.99. The monoisotopic (exact) mass is 258 g/mol. The summed E-state index contributed by atoms with van der Waals surface area (Å²) in [6.45, 7) is 1.87. The number of rotatable bonds is 3. The van der Waals surface area contributed by atoms with E-state index in [0.29, 0.717) is 0 Å². The van der Waals surface area contributed by atoms with Crippen molar-refractivity contribution < 1.29 is 40.5 Å². The molecular weight excluding hydrogens is 247 g/mol. The smallest absolute Gasteiger partial charge is 1.00 e. The van der Waals surface area contributed by atoms with Gasteiger partial charge in [0.2, 0.25) is 5.95 Å². The van der Waals surface area contributed by atoms with Crippen molar-refractivity contribution in [2.45, 2.75) is 6.92 Å². The molecule has 8 heteroatoms. The topological polar surface area (TPSA) is 89.9 Å². The Labute approximate surface area is 126 Å². The summed E-state index contributed by atoms with van der Waals surface area (Å²) in [6.07, 6.45) is 4.36. The summed E-state index contributed by atoms with van der Waals surface area (Å²) >= 11 is 0. The molecule has 90 valence electrons. The van der Waals surface area contributed by atoms with Crippen LogP contribution >= 0.6 is 0 Å². The number of hydrogen-bond donors (Lipinski definition) is 1. The first-order chi connectivity index (χ1) is 8.22. The molecule has 18 heavy (non-hydrogen) atoms. The van der Waals surface area contributed by atoms with E-state index < -0.39 is 11.5 Å². The number of nitrogens with zero attached hydrogens (tertiary/aromatic N) is 3. The predicted molar refractivity (Wildman–Crippen MR) is 59.0 cm³/mol. The molecule has 0 unspecified atom stereocenters. The molecule has 0 fully saturated rings. The maximum absolute atomic E-state index is 11.6. The van der Waals surface area contributed by atoms with E-state index in [1.807, 2.05) is 0 Å². The average molecular weight is 258 g/mol. The number of hydrogen-bond acceptors (Lipinski definition) is 5. The summed E-state index contributed by atoms with van der Waals surface area (Å²) in [5, 5.41) is 3.91. The van der Waals surface area contributed by atoms with Gasteiger partial charge in [-0.3, -0.25) is 9.78 Å². The molecule has 0 spiro atoms. The Morgan fingerprint density at radius 2 is 2.39 bits per heavy atom. The van der Waals surface area contributed by atoms with Crippen LogP contribution in [0.1, 0.15) is 18.7 Å². The van der Waals surface area contributed by atoms with Gasteiger partial charge in [0.15, 0.2) is 0 Å². The van der Waals surface area contributed by atoms with Crippen molar-refractivity contribution in [1.29, 1.82) is 0 Å². The third kappa shape index (κ3) is 3.06. The van der Waals surface area contributed by atoms with Crippen LogP contribution in [-0.2, 0) is 4.74 Å². The number of aromatic nitrogens is 4. The van der Waals surface area contributed by atoms with Crippen molar-refractivity contribution in [3.63, 3.8) is 0 Å². The average Bonchev–Trinajstić information content (AvgIpc) is 2.82. The number of esters is 1. The van der Waals surface area contributed by atoms with Gasteiger partial charge in [-0.1, -0.05) is 0 Å². The van der Waals surface area contributed by atoms with Gasteiger partial charge in [0.05, 0.1) is 12.8 Å². The zero-order valence-electron chi connectivity index (χ0n) is 11.1. The van der Waals surface area contributed by atoms with E-state index in [2.05, 4.69) is 15.1 Å². The molecule has 7 nitrogen and oxygen atoms in total. The molecule has 0 radical (unpaired) electrons. The number of nitrogens with one attached hydrogen (secondary N) is 1. The van der Waals surface area contributed by atoms with Crippen LogP contribution in [0.5, 0.6) is 0 Å². The van der Waals surface area contributed by atoms with Crippen molar-refractivity contribution in [1.82, 2.24) is 19.7 Å². The zero-order chi connectivity index (χ0) is 12.3. The van der Waals surface area contributed by atoms with Gasteiger partial charge < -0.3 is 6.16 Å². The van der Waals surface area contributed by atoms with E-state index in [4.69, 9.17) is 4.74 Å². The number of aromatic amines is 1. The summed E-state index contributed by atoms with van der Waals surface area (Å²) in [4.78, 5) is 29.4. The minimum Gasteiger partial charge on any atom is -1.00 e. The fraction of sp³-hybridized carbons (Fsp3) is 0.200. The van der Waals surface area contributed by atoms with Crippen LogP contribution in [0.4, 0.5) is 0 Å². The molecule has 0 bridgehead atoms. The zero-order valence-corrected chi connectivity index (χ0v) is 12.1. The Morgan fingerprint density at radius 3 is 2.94 bits per heavy atom. The summed E-state index contributed by atoms with van der Waals surface area (Å²) in [6, 6.07) is 1.69. The molecule has 2 aromatic heterocycles. The van der Waals surface area contributed by atoms with Gasteiger partial charge in [-0.05, 0) is 13.0 Å². The van der Waals surface area contributed by atoms with E-state index >= 15 is 0 Å². The van der Waals surface area contributed by atoms with Crippen LogP contribution < -0.4 is 35.1 Å². The van der Waals surface area contributed by atoms with Crippen molar-refractivity contribution in [3.05, 3.63) is 40.6 Å². The second kappa shape index (κ2) is 6.48. The molecule has 0 saturated heterocycles. The molecule has 2 heterocycles. The van der Waals surface area contributed by atoms with E-state index in [-0.39, 0.29) is 49.1 Å². The third-order valence-corrected chi connectivity index (χ3v) is 2.00. The first-order valence-electron chi connectivity index (χ1n) is 4.99. The fourth-order valence-corrected chi connectivity index (χ4v) is 1.25. The number of carbonyl (C=O) groups is 1. The van der Waals surface area contributed by atoms with Crippen molar-refractivity contribution in [2.24, 2.45) is 0 Å². The standard InChI is InChI=1S/C10H10N4O3.Na.H/c1-2-17-9(16)7-6-11-10(13-8(7)15)14-5-3-4-12-14;;/h3-6H,2H2,1H3,(H,11,13,15);;/q;+1;-1. The fourth-order valence-electron chi connectivity index (χ4n) is 1.25. The molecule has 0 aliphatic carbocycles. The minimum atomic E-state index is -0.687. The summed E-state index contributed by atoms with van der Waals surface area (Å²) < 4.78 is 6.10. The largest absolute Gasteiger partial charge is 1.00 e. The van der Waals surface area contributed by atoms with Crippen LogP contribution in [0.2, 0.25) is 0 Å². The van der Waals surface area contributed by atoms with Crippen LogP contribution in [0.3, 0.4) is 0 Å². The molecular formula is C10H11N4NaO3. The Morgan fingerprint density at radius 1 is 1.61 bits per heavy atom. The van der Waals surface area contributed by atoms with Crippen LogP contribution in [-0.4, -0.2) is 32.3 Å². The summed E-state index contributed by atoms with van der Waals surface area (Å²) in [5.41, 5.74) is -0.674. The van der Waals surface area contributed by atoms with Gasteiger partial charge in [-0.25, -0.2) is 14.5 Å². The second-order valence-electron chi connectivity index (χ2n) is 3.12. The molecule has 0 aliphatic rings. The van der Waals surface area contributed by atoms with Crippen LogP contribution in [0, 0.1) is 0 Å². The van der Waals surface area contributed by atoms with E-state index in [0.717, 1.165) is 0 Å². The van der Waals surface area contributed by atoms with Gasteiger partial charge >= 0.3 is 35.5 Å². The van der Waals surface area contributed by atoms with E-state index in [1.165, 1.54) is 10.9 Å². The number of H-pyrrole nitrogens is 1. The summed E-state index contributed by atoms with van der Waals surface area (Å²) in [7, 11) is 0. The molecule has 0 saturated carbocycles. The molecule has 2 rings (SSSR count). The van der Waals surface area contributed by atoms with Gasteiger partial charge in [0.25, 0.3) is 5.56 Å². The third-order valence-electron chi connectivity index (χ3n) is 2.00. The Kier molecular flexibility index (Phi) is 5.26. The Hall–Kier alpha value is -1.44. The Balaban J connectivity index is 0.00000162. The normalized spacial score (nSPS) is 9.61. The minimum absolute atomic E-state index is 0. The molecule has 0 atom stereocenters. The van der Waals surface area contributed by atoms with Gasteiger partial charge in [0.1, 0.15) is 5.56 Å². The molecule has 1 N–H and O–H groups in total. The van der Waals surface area contributed by atoms with Gasteiger partial charge in [-0.15, -0.1) is 0 Å². The van der Waals surface area contributed by atoms with Gasteiger partial charge in [-0.2, -0.15) is 5.10 Å². The van der Waals surface area contributed by atoms with Crippen LogP contribution in [0.15, 0.2) is 29.5 Å².